The fourth-order valence-electron chi connectivity index (χ4n) is 2.07. The third-order valence-electron chi connectivity index (χ3n) is 3.27. The third kappa shape index (κ3) is 4.96. The van der Waals surface area contributed by atoms with E-state index in [1.165, 1.54) is 25.1 Å². The van der Waals surface area contributed by atoms with Crippen molar-refractivity contribution in [3.63, 3.8) is 0 Å². The smallest absolute Gasteiger partial charge is 0.337 e. The lowest BCUT2D eigenvalue weighted by molar-refractivity contribution is -0.118. The number of sulfonamides is 1. The van der Waals surface area contributed by atoms with Gasteiger partial charge in [-0.25, -0.2) is 13.2 Å². The fourth-order valence-corrected chi connectivity index (χ4v) is 4.96. The molecule has 8 nitrogen and oxygen atoms in total. The lowest BCUT2D eigenvalue weighted by Crippen LogP contribution is -2.22. The van der Waals surface area contributed by atoms with Crippen LogP contribution in [0.25, 0.3) is 0 Å². The number of anilines is 2. The van der Waals surface area contributed by atoms with Gasteiger partial charge in [0.15, 0.2) is 0 Å². The number of carboxylic acids is 1. The number of hydrogen-bond acceptors (Lipinski definition) is 6. The predicted molar refractivity (Wildman–Crippen MR) is 103 cm³/mol. The Morgan fingerprint density at radius 2 is 2.00 bits per heavy atom. The Bertz CT molecular complexity index is 956. The highest BCUT2D eigenvalue weighted by Crippen LogP contribution is 2.31. The number of benzene rings is 1. The van der Waals surface area contributed by atoms with Crippen LogP contribution in [0, 0.1) is 0 Å². The van der Waals surface area contributed by atoms with Crippen LogP contribution < -0.4 is 15.8 Å². The predicted octanol–water partition coefficient (Wildman–Crippen LogP) is 2.27. The summed E-state index contributed by atoms with van der Waals surface area (Å²) in [5.74, 6) is -1.42. The van der Waals surface area contributed by atoms with Crippen LogP contribution in [0.3, 0.4) is 0 Å². The number of carbonyl (C=O) groups is 2. The maximum Gasteiger partial charge on any atom is 0.337 e. The molecular weight excluding hydrogens is 446 g/mol. The number of carboxylic acid groups (broad SMARTS) is 1. The molecule has 0 atom stereocenters. The molecule has 1 heterocycles. The van der Waals surface area contributed by atoms with Crippen LogP contribution in [0.1, 0.15) is 22.2 Å². The Labute approximate surface area is 162 Å². The molecule has 0 unspecified atom stereocenters. The largest absolute Gasteiger partial charge is 0.478 e. The summed E-state index contributed by atoms with van der Waals surface area (Å²) in [5.41, 5.74) is 5.37. The van der Waals surface area contributed by atoms with Crippen LogP contribution in [0.2, 0.25) is 0 Å². The Morgan fingerprint density at radius 1 is 1.31 bits per heavy atom. The highest BCUT2D eigenvalue weighted by Gasteiger charge is 2.21. The molecule has 26 heavy (non-hydrogen) atoms. The number of nitrogens with two attached hydrogens (primary N) is 1. The molecule has 0 fully saturated rings. The first-order valence-electron chi connectivity index (χ1n) is 7.28. The van der Waals surface area contributed by atoms with Crippen molar-refractivity contribution in [3.05, 3.63) is 39.2 Å². The first-order valence-corrected chi connectivity index (χ1v) is 10.4. The maximum atomic E-state index is 12.6. The number of hydrogen-bond donors (Lipinski definition) is 4. The van der Waals surface area contributed by atoms with Gasteiger partial charge in [-0.3, -0.25) is 9.52 Å². The molecule has 11 heteroatoms. The Morgan fingerprint density at radius 3 is 2.62 bits per heavy atom. The van der Waals surface area contributed by atoms with Gasteiger partial charge in [0.1, 0.15) is 4.21 Å². The summed E-state index contributed by atoms with van der Waals surface area (Å²) < 4.78 is 27.9. The third-order valence-corrected chi connectivity index (χ3v) is 6.73. The van der Waals surface area contributed by atoms with E-state index >= 15 is 0 Å². The van der Waals surface area contributed by atoms with E-state index in [0.29, 0.717) is 17.4 Å². The van der Waals surface area contributed by atoms with Crippen molar-refractivity contribution in [1.29, 1.82) is 0 Å². The normalized spacial score (nSPS) is 11.2. The van der Waals surface area contributed by atoms with E-state index < -0.39 is 16.0 Å². The maximum absolute atomic E-state index is 12.6. The molecule has 1 aromatic heterocycles. The van der Waals surface area contributed by atoms with E-state index in [1.807, 2.05) is 0 Å². The number of halogens is 1. The lowest BCUT2D eigenvalue weighted by atomic mass is 10.1. The van der Waals surface area contributed by atoms with Crippen LogP contribution in [0.15, 0.2) is 32.9 Å². The summed E-state index contributed by atoms with van der Waals surface area (Å²) >= 11 is 4.20. The molecule has 0 bridgehead atoms. The van der Waals surface area contributed by atoms with E-state index in [4.69, 9.17) is 10.8 Å². The first-order chi connectivity index (χ1) is 12.1. The van der Waals surface area contributed by atoms with Gasteiger partial charge in [0.05, 0.1) is 16.9 Å². The van der Waals surface area contributed by atoms with Gasteiger partial charge in [-0.05, 0) is 30.7 Å². The van der Waals surface area contributed by atoms with Crippen molar-refractivity contribution >= 4 is 60.5 Å². The van der Waals surface area contributed by atoms with Gasteiger partial charge in [0.2, 0.25) is 5.91 Å². The molecule has 0 saturated heterocycles. The van der Waals surface area contributed by atoms with E-state index in [2.05, 4.69) is 26.0 Å². The number of rotatable bonds is 7. The van der Waals surface area contributed by atoms with Gasteiger partial charge in [0, 0.05) is 22.8 Å². The van der Waals surface area contributed by atoms with Crippen LogP contribution in [0.5, 0.6) is 0 Å². The van der Waals surface area contributed by atoms with Crippen LogP contribution in [-0.2, 0) is 21.2 Å². The van der Waals surface area contributed by atoms with Gasteiger partial charge in [-0.1, -0.05) is 15.9 Å². The van der Waals surface area contributed by atoms with Crippen molar-refractivity contribution in [2.45, 2.75) is 17.6 Å². The molecule has 1 amide bonds. The molecular formula is C15H16BrN3O5S2. The average Bonchev–Trinajstić information content (AvgIpc) is 2.99. The molecule has 0 spiro atoms. The number of aromatic carboxylic acids is 1. The lowest BCUT2D eigenvalue weighted by Gasteiger charge is -2.12. The standard InChI is InChI=1S/C15H16BrN3O5S2/c1-8(20)18-5-4-10-2-3-13(25-10)26(23,24)19-12-7-9(16)6-11(14(12)17)15(21)22/h2-3,6-7,19H,4-5,17H2,1H3,(H,18,20)(H,21,22). The SMILES string of the molecule is CC(=O)NCCc1ccc(S(=O)(=O)Nc2cc(Br)cc(C(=O)O)c2N)s1. The fraction of sp³-hybridized carbons (Fsp3) is 0.200. The molecule has 0 radical (unpaired) electrons. The summed E-state index contributed by atoms with van der Waals surface area (Å²) in [7, 11) is -3.93. The van der Waals surface area contributed by atoms with Crippen molar-refractivity contribution < 1.29 is 23.1 Å². The summed E-state index contributed by atoms with van der Waals surface area (Å²) in [4.78, 5) is 22.9. The van der Waals surface area contributed by atoms with Crippen LogP contribution in [-0.4, -0.2) is 31.9 Å². The van der Waals surface area contributed by atoms with E-state index in [1.54, 1.807) is 6.07 Å². The van der Waals surface area contributed by atoms with Gasteiger partial charge < -0.3 is 16.2 Å². The van der Waals surface area contributed by atoms with Crippen LogP contribution >= 0.6 is 27.3 Å². The van der Waals surface area contributed by atoms with E-state index in [9.17, 15) is 18.0 Å². The highest BCUT2D eigenvalue weighted by molar-refractivity contribution is 9.10. The van der Waals surface area contributed by atoms with Gasteiger partial charge >= 0.3 is 5.97 Å². The first kappa shape index (κ1) is 20.2. The number of nitrogen functional groups attached to an aromatic ring is 1. The highest BCUT2D eigenvalue weighted by atomic mass is 79.9. The molecule has 140 valence electrons. The Kier molecular flexibility index (Phi) is 6.26. The quantitative estimate of drug-likeness (QED) is 0.466. The summed E-state index contributed by atoms with van der Waals surface area (Å²) in [5, 5.41) is 11.8. The monoisotopic (exact) mass is 461 g/mol. The van der Waals surface area contributed by atoms with Gasteiger partial charge in [0.25, 0.3) is 10.0 Å². The van der Waals surface area contributed by atoms with Crippen molar-refractivity contribution in [3.8, 4) is 0 Å². The molecule has 2 aromatic rings. The molecule has 1 aromatic carbocycles. The van der Waals surface area contributed by atoms with E-state index in [-0.39, 0.29) is 27.1 Å². The van der Waals surface area contributed by atoms with Crippen molar-refractivity contribution in [2.24, 2.45) is 0 Å². The number of carbonyl (C=O) groups excluding carboxylic acids is 1. The zero-order chi connectivity index (χ0) is 19.5. The minimum atomic E-state index is -3.93. The second-order valence-corrected chi connectivity index (χ2v) is 9.27. The second kappa shape index (κ2) is 8.06. The summed E-state index contributed by atoms with van der Waals surface area (Å²) in [6, 6.07) is 5.79. The number of thiophene rings is 1. The van der Waals surface area contributed by atoms with Gasteiger partial charge in [-0.2, -0.15) is 0 Å². The second-order valence-electron chi connectivity index (χ2n) is 5.28. The average molecular weight is 462 g/mol. The minimum absolute atomic E-state index is 0.0232. The van der Waals surface area contributed by atoms with E-state index in [0.717, 1.165) is 16.2 Å². The zero-order valence-electron chi connectivity index (χ0n) is 13.6. The summed E-state index contributed by atoms with van der Waals surface area (Å²) in [6.07, 6.45) is 0.502. The number of amides is 1. The molecule has 0 aliphatic rings. The summed E-state index contributed by atoms with van der Waals surface area (Å²) in [6.45, 7) is 1.81. The molecule has 0 aliphatic heterocycles. The Balaban J connectivity index is 2.23. The van der Waals surface area contributed by atoms with Crippen LogP contribution in [0.4, 0.5) is 11.4 Å². The minimum Gasteiger partial charge on any atom is -0.478 e. The molecule has 0 aliphatic carbocycles. The van der Waals surface area contributed by atoms with Gasteiger partial charge in [-0.15, -0.1) is 11.3 Å². The molecule has 5 N–H and O–H groups in total. The topological polar surface area (TPSA) is 139 Å². The molecule has 0 saturated carbocycles. The number of nitrogens with one attached hydrogen (secondary N) is 2. The van der Waals surface area contributed by atoms with Crippen molar-refractivity contribution in [2.75, 3.05) is 17.0 Å². The van der Waals surface area contributed by atoms with Crippen molar-refractivity contribution in [1.82, 2.24) is 5.32 Å². The molecule has 2 rings (SSSR count). The Hall–Kier alpha value is -2.11. The zero-order valence-corrected chi connectivity index (χ0v) is 16.8.